The van der Waals surface area contributed by atoms with Gasteiger partial charge in [-0.05, 0) is 24.3 Å². The van der Waals surface area contributed by atoms with E-state index in [1.54, 1.807) is 0 Å². The summed E-state index contributed by atoms with van der Waals surface area (Å²) in [5, 5.41) is 10.6. The molecule has 0 aliphatic heterocycles. The Morgan fingerprint density at radius 2 is 1.87 bits per heavy atom. The van der Waals surface area contributed by atoms with Gasteiger partial charge in [0.15, 0.2) is 0 Å². The first kappa shape index (κ1) is 16.5. The van der Waals surface area contributed by atoms with Gasteiger partial charge in [-0.1, -0.05) is 0 Å². The molecule has 1 heterocycles. The number of benzene rings is 1. The fourth-order valence-corrected chi connectivity index (χ4v) is 1.91. The second kappa shape index (κ2) is 6.51. The van der Waals surface area contributed by atoms with Crippen molar-refractivity contribution in [2.75, 3.05) is 6.54 Å². The minimum Gasteiger partial charge on any atom is -0.467 e. The lowest BCUT2D eigenvalue weighted by Crippen LogP contribution is -2.38. The van der Waals surface area contributed by atoms with Crippen LogP contribution in [0.15, 0.2) is 47.1 Å². The average molecular weight is 328 g/mol. The maximum Gasteiger partial charge on any atom is 0.406 e. The van der Waals surface area contributed by atoms with E-state index in [9.17, 15) is 28.1 Å². The zero-order valence-corrected chi connectivity index (χ0v) is 11.6. The van der Waals surface area contributed by atoms with Crippen LogP contribution in [0, 0.1) is 10.1 Å². The highest BCUT2D eigenvalue weighted by atomic mass is 19.4. The number of alkyl halides is 3. The lowest BCUT2D eigenvalue weighted by atomic mass is 10.1. The molecule has 122 valence electrons. The zero-order valence-electron chi connectivity index (χ0n) is 11.6. The summed E-state index contributed by atoms with van der Waals surface area (Å²) in [4.78, 5) is 22.7. The molecular weight excluding hydrogens is 317 g/mol. The van der Waals surface area contributed by atoms with E-state index in [0.29, 0.717) is 4.90 Å². The molecule has 0 bridgehead atoms. The number of nitro groups is 1. The number of carbonyl (C=O) groups excluding carboxylic acids is 1. The van der Waals surface area contributed by atoms with Gasteiger partial charge in [-0.2, -0.15) is 13.2 Å². The number of nitrogens with zero attached hydrogens (tertiary/aromatic N) is 2. The SMILES string of the molecule is O=C(c1ccc([N+](=O)[O-])cc1)N(Cc1ccco1)CC(F)(F)F. The van der Waals surface area contributed by atoms with Crippen LogP contribution in [0.25, 0.3) is 0 Å². The molecule has 0 atom stereocenters. The van der Waals surface area contributed by atoms with Crippen molar-refractivity contribution in [1.82, 2.24) is 4.90 Å². The smallest absolute Gasteiger partial charge is 0.406 e. The zero-order chi connectivity index (χ0) is 17.0. The Hall–Kier alpha value is -2.84. The summed E-state index contributed by atoms with van der Waals surface area (Å²) in [6, 6.07) is 7.31. The average Bonchev–Trinajstić information content (AvgIpc) is 2.97. The molecule has 0 saturated heterocycles. The van der Waals surface area contributed by atoms with Gasteiger partial charge in [0, 0.05) is 17.7 Å². The summed E-state index contributed by atoms with van der Waals surface area (Å²) in [5.41, 5.74) is -0.332. The van der Waals surface area contributed by atoms with E-state index in [4.69, 9.17) is 4.42 Å². The minimum atomic E-state index is -4.58. The number of hydrogen-bond acceptors (Lipinski definition) is 4. The molecule has 0 fully saturated rings. The van der Waals surface area contributed by atoms with Crippen molar-refractivity contribution >= 4 is 11.6 Å². The predicted octanol–water partition coefficient (Wildman–Crippen LogP) is 3.39. The van der Waals surface area contributed by atoms with Crippen LogP contribution in [-0.2, 0) is 6.54 Å². The van der Waals surface area contributed by atoms with E-state index in [1.165, 1.54) is 18.4 Å². The van der Waals surface area contributed by atoms with Gasteiger partial charge in [0.1, 0.15) is 12.3 Å². The van der Waals surface area contributed by atoms with Gasteiger partial charge in [0.2, 0.25) is 0 Å². The highest BCUT2D eigenvalue weighted by Gasteiger charge is 2.33. The molecule has 0 spiro atoms. The number of furan rings is 1. The molecule has 6 nitrogen and oxygen atoms in total. The van der Waals surface area contributed by atoms with Crippen molar-refractivity contribution in [2.24, 2.45) is 0 Å². The van der Waals surface area contributed by atoms with Crippen molar-refractivity contribution in [3.8, 4) is 0 Å². The van der Waals surface area contributed by atoms with E-state index in [1.807, 2.05) is 0 Å². The summed E-state index contributed by atoms with van der Waals surface area (Å²) in [7, 11) is 0. The van der Waals surface area contributed by atoms with Gasteiger partial charge in [0.25, 0.3) is 11.6 Å². The van der Waals surface area contributed by atoms with Gasteiger partial charge >= 0.3 is 6.18 Å². The first-order valence-corrected chi connectivity index (χ1v) is 6.39. The third-order valence-electron chi connectivity index (χ3n) is 2.91. The second-order valence-electron chi connectivity index (χ2n) is 4.66. The van der Waals surface area contributed by atoms with E-state index in [2.05, 4.69) is 0 Å². The molecule has 2 aromatic rings. The van der Waals surface area contributed by atoms with Crippen molar-refractivity contribution in [3.05, 3.63) is 64.1 Å². The van der Waals surface area contributed by atoms with Crippen LogP contribution in [-0.4, -0.2) is 28.5 Å². The Morgan fingerprint density at radius 1 is 1.22 bits per heavy atom. The van der Waals surface area contributed by atoms with Crippen LogP contribution in [0.5, 0.6) is 0 Å². The summed E-state index contributed by atoms with van der Waals surface area (Å²) in [6.45, 7) is -1.81. The molecule has 0 unspecified atom stereocenters. The van der Waals surface area contributed by atoms with Gasteiger partial charge in [-0.15, -0.1) is 0 Å². The van der Waals surface area contributed by atoms with Crippen LogP contribution in [0.2, 0.25) is 0 Å². The fourth-order valence-electron chi connectivity index (χ4n) is 1.91. The third kappa shape index (κ3) is 4.56. The highest BCUT2D eigenvalue weighted by molar-refractivity contribution is 5.94. The maximum atomic E-state index is 12.7. The summed E-state index contributed by atoms with van der Waals surface area (Å²) in [6.07, 6.45) is -3.29. The molecule has 0 N–H and O–H groups in total. The molecule has 23 heavy (non-hydrogen) atoms. The number of rotatable bonds is 5. The van der Waals surface area contributed by atoms with E-state index in [-0.39, 0.29) is 23.6 Å². The fraction of sp³-hybridized carbons (Fsp3) is 0.214. The topological polar surface area (TPSA) is 76.6 Å². The van der Waals surface area contributed by atoms with Gasteiger partial charge in [-0.25, -0.2) is 0 Å². The molecule has 1 aromatic carbocycles. The summed E-state index contributed by atoms with van der Waals surface area (Å²) in [5.74, 6) is -0.696. The lowest BCUT2D eigenvalue weighted by molar-refractivity contribution is -0.384. The van der Waals surface area contributed by atoms with Crippen LogP contribution >= 0.6 is 0 Å². The molecule has 1 amide bonds. The molecule has 9 heteroatoms. The van der Waals surface area contributed by atoms with Crippen LogP contribution < -0.4 is 0 Å². The Kier molecular flexibility index (Phi) is 4.68. The molecule has 0 radical (unpaired) electrons. The standard InChI is InChI=1S/C14H11F3N2O4/c15-14(16,17)9-18(8-12-2-1-7-23-12)13(20)10-3-5-11(6-4-10)19(21)22/h1-7H,8-9H2. The van der Waals surface area contributed by atoms with Crippen molar-refractivity contribution in [3.63, 3.8) is 0 Å². The van der Waals surface area contributed by atoms with Crippen molar-refractivity contribution in [2.45, 2.75) is 12.7 Å². The predicted molar refractivity (Wildman–Crippen MR) is 72.6 cm³/mol. The number of halogens is 3. The Bertz CT molecular complexity index is 681. The molecule has 0 saturated carbocycles. The van der Waals surface area contributed by atoms with Crippen molar-refractivity contribution < 1.29 is 27.3 Å². The maximum absolute atomic E-state index is 12.7. The summed E-state index contributed by atoms with van der Waals surface area (Å²) < 4.78 is 43.0. The monoisotopic (exact) mass is 328 g/mol. The molecule has 0 aliphatic rings. The van der Waals surface area contributed by atoms with Crippen LogP contribution in [0.4, 0.5) is 18.9 Å². The third-order valence-corrected chi connectivity index (χ3v) is 2.91. The van der Waals surface area contributed by atoms with E-state index < -0.39 is 23.6 Å². The van der Waals surface area contributed by atoms with Gasteiger partial charge in [0.05, 0.1) is 17.7 Å². The normalized spacial score (nSPS) is 11.3. The van der Waals surface area contributed by atoms with Crippen LogP contribution in [0.1, 0.15) is 16.1 Å². The lowest BCUT2D eigenvalue weighted by Gasteiger charge is -2.23. The van der Waals surface area contributed by atoms with E-state index >= 15 is 0 Å². The quantitative estimate of drug-likeness (QED) is 0.623. The van der Waals surface area contributed by atoms with Gasteiger partial charge < -0.3 is 9.32 Å². The number of amides is 1. The Morgan fingerprint density at radius 3 is 2.35 bits per heavy atom. The van der Waals surface area contributed by atoms with Gasteiger partial charge in [-0.3, -0.25) is 14.9 Å². The van der Waals surface area contributed by atoms with E-state index in [0.717, 1.165) is 24.3 Å². The molecular formula is C14H11F3N2O4. The Balaban J connectivity index is 2.22. The van der Waals surface area contributed by atoms with Crippen molar-refractivity contribution in [1.29, 1.82) is 0 Å². The molecule has 0 aliphatic carbocycles. The molecule has 2 rings (SSSR count). The minimum absolute atomic E-state index is 0.0774. The first-order chi connectivity index (χ1) is 10.8. The number of non-ortho nitro benzene ring substituents is 1. The second-order valence-corrected chi connectivity index (χ2v) is 4.66. The van der Waals surface area contributed by atoms with Crippen LogP contribution in [0.3, 0.4) is 0 Å². The number of carbonyl (C=O) groups is 1. The highest BCUT2D eigenvalue weighted by Crippen LogP contribution is 2.21. The largest absolute Gasteiger partial charge is 0.467 e. The summed E-state index contributed by atoms with van der Waals surface area (Å²) >= 11 is 0. The molecule has 1 aromatic heterocycles. The Labute approximate surface area is 128 Å². The number of nitro benzene ring substituents is 1. The first-order valence-electron chi connectivity index (χ1n) is 6.39. The number of hydrogen-bond donors (Lipinski definition) is 0.